The van der Waals surface area contributed by atoms with Crippen molar-refractivity contribution < 1.29 is 19.1 Å². The van der Waals surface area contributed by atoms with Gasteiger partial charge in [-0.05, 0) is 64.3 Å². The Morgan fingerprint density at radius 1 is 0.579 bits per heavy atom. The van der Waals surface area contributed by atoms with E-state index in [4.69, 9.17) is 9.47 Å². The Kier molecular flexibility index (Phi) is 20.1. The monoisotopic (exact) mass is 534 g/mol. The second-order valence-corrected chi connectivity index (χ2v) is 10.2. The van der Waals surface area contributed by atoms with E-state index >= 15 is 0 Å². The highest BCUT2D eigenvalue weighted by atomic mass is 16.6. The van der Waals surface area contributed by atoms with Gasteiger partial charge < -0.3 is 19.3 Å². The average Bonchev–Trinajstić information content (AvgIpc) is 2.89. The number of ether oxygens (including phenoxy) is 2. The quantitative estimate of drug-likeness (QED) is 0.151. The molecule has 1 rings (SSSR count). The number of likely N-dealkylation sites (N-methyl/N-ethyl adjacent to an activating group) is 2. The number of hydrogen-bond acceptors (Lipinski definition) is 6. The van der Waals surface area contributed by atoms with Crippen molar-refractivity contribution in [3.8, 4) is 0 Å². The van der Waals surface area contributed by atoms with E-state index in [-0.39, 0.29) is 0 Å². The number of benzene rings is 1. The number of anilines is 2. The number of carbonyl (C=O) groups excluding carboxylic acids is 2. The summed E-state index contributed by atoms with van der Waals surface area (Å²) in [5, 5.41) is 5.43. The van der Waals surface area contributed by atoms with E-state index in [9.17, 15) is 9.59 Å². The van der Waals surface area contributed by atoms with Gasteiger partial charge in [-0.2, -0.15) is 0 Å². The maximum absolute atomic E-state index is 12.1. The van der Waals surface area contributed by atoms with Crippen LogP contribution in [0.15, 0.2) is 24.3 Å². The molecule has 0 saturated heterocycles. The molecule has 2 amide bonds. The molecular weight excluding hydrogens is 480 g/mol. The molecule has 8 nitrogen and oxygen atoms in total. The second-order valence-electron chi connectivity index (χ2n) is 10.2. The first-order valence-electron chi connectivity index (χ1n) is 14.8. The van der Waals surface area contributed by atoms with Crippen LogP contribution in [0, 0.1) is 0 Å². The highest BCUT2D eigenvalue weighted by molar-refractivity contribution is 5.87. The number of amides is 2. The van der Waals surface area contributed by atoms with E-state index in [1.807, 2.05) is 0 Å². The number of carbonyl (C=O) groups is 2. The molecule has 0 spiro atoms. The van der Waals surface area contributed by atoms with Crippen LogP contribution >= 0.6 is 0 Å². The van der Waals surface area contributed by atoms with E-state index in [0.717, 1.165) is 13.1 Å². The maximum atomic E-state index is 12.1. The molecule has 1 aromatic rings. The molecular formula is C30H54N4O4. The maximum Gasteiger partial charge on any atom is 0.411 e. The summed E-state index contributed by atoms with van der Waals surface area (Å²) in [7, 11) is 4.11. The van der Waals surface area contributed by atoms with Crippen LogP contribution in [0.5, 0.6) is 0 Å². The fourth-order valence-corrected chi connectivity index (χ4v) is 4.08. The van der Waals surface area contributed by atoms with E-state index in [0.29, 0.717) is 37.7 Å². The lowest BCUT2D eigenvalue weighted by Crippen LogP contribution is -2.26. The normalized spacial score (nSPS) is 11.1. The molecule has 8 heteroatoms. The van der Waals surface area contributed by atoms with E-state index in [2.05, 4.69) is 48.4 Å². The van der Waals surface area contributed by atoms with Gasteiger partial charge in [-0.1, -0.05) is 78.1 Å². The lowest BCUT2D eigenvalue weighted by atomic mass is 10.1. The first kappa shape index (κ1) is 33.7. The molecule has 0 aliphatic heterocycles. The lowest BCUT2D eigenvalue weighted by Gasteiger charge is -2.17. The van der Waals surface area contributed by atoms with Gasteiger partial charge in [0.25, 0.3) is 0 Å². The molecule has 0 bridgehead atoms. The number of rotatable bonds is 22. The third-order valence-corrected chi connectivity index (χ3v) is 6.58. The van der Waals surface area contributed by atoms with Crippen molar-refractivity contribution in [2.75, 3.05) is 64.1 Å². The molecule has 0 fully saturated rings. The molecule has 218 valence electrons. The van der Waals surface area contributed by atoms with Crippen LogP contribution in [-0.2, 0) is 9.47 Å². The minimum absolute atomic E-state index is 0.345. The van der Waals surface area contributed by atoms with Crippen molar-refractivity contribution >= 4 is 23.6 Å². The highest BCUT2D eigenvalue weighted by Crippen LogP contribution is 2.14. The third kappa shape index (κ3) is 18.9. The topological polar surface area (TPSA) is 83.1 Å². The van der Waals surface area contributed by atoms with Gasteiger partial charge in [-0.25, -0.2) is 9.59 Å². The van der Waals surface area contributed by atoms with Gasteiger partial charge in [0.15, 0.2) is 0 Å². The summed E-state index contributed by atoms with van der Waals surface area (Å²) in [6.45, 7) is 8.61. The smallest absolute Gasteiger partial charge is 0.411 e. The van der Waals surface area contributed by atoms with Crippen LogP contribution < -0.4 is 10.6 Å². The fourth-order valence-electron chi connectivity index (χ4n) is 4.08. The molecule has 0 radical (unpaired) electrons. The standard InChI is InChI=1S/C30H54N4O4/c1-5-7-9-11-13-15-21-33(3)23-25-37-29(35)31-27-17-19-28(20-18-27)32-30(36)38-26-24-34(4)22-16-14-12-10-8-6-2/h17-20H,5-16,21-26H2,1-4H3,(H,31,35)(H,32,36). The Morgan fingerprint density at radius 3 is 1.29 bits per heavy atom. The van der Waals surface area contributed by atoms with Gasteiger partial charge in [-0.3, -0.25) is 10.6 Å². The fraction of sp³-hybridized carbons (Fsp3) is 0.733. The summed E-state index contributed by atoms with van der Waals surface area (Å²) in [6.07, 6.45) is 14.3. The number of nitrogens with one attached hydrogen (secondary N) is 2. The van der Waals surface area contributed by atoms with Gasteiger partial charge in [0, 0.05) is 24.5 Å². The van der Waals surface area contributed by atoms with E-state index in [1.54, 1.807) is 24.3 Å². The van der Waals surface area contributed by atoms with Gasteiger partial charge in [0.1, 0.15) is 13.2 Å². The molecule has 0 aromatic heterocycles. The van der Waals surface area contributed by atoms with Crippen LogP contribution in [-0.4, -0.2) is 75.5 Å². The van der Waals surface area contributed by atoms with E-state index in [1.165, 1.54) is 77.0 Å². The molecule has 2 N–H and O–H groups in total. The summed E-state index contributed by atoms with van der Waals surface area (Å²) in [4.78, 5) is 28.5. The number of nitrogens with zero attached hydrogens (tertiary/aromatic N) is 2. The zero-order chi connectivity index (χ0) is 27.8. The van der Waals surface area contributed by atoms with Gasteiger partial charge in [0.2, 0.25) is 0 Å². The largest absolute Gasteiger partial charge is 0.448 e. The summed E-state index contributed by atoms with van der Waals surface area (Å²) in [5.41, 5.74) is 1.20. The molecule has 1 aromatic carbocycles. The highest BCUT2D eigenvalue weighted by Gasteiger charge is 2.07. The van der Waals surface area contributed by atoms with Crippen LogP contribution in [0.2, 0.25) is 0 Å². The van der Waals surface area contributed by atoms with Crippen molar-refractivity contribution in [1.82, 2.24) is 9.80 Å². The summed E-state index contributed by atoms with van der Waals surface area (Å²) < 4.78 is 10.6. The Balaban J connectivity index is 2.13. The molecule has 0 heterocycles. The molecule has 0 saturated carbocycles. The van der Waals surface area contributed by atoms with Crippen LogP contribution in [0.1, 0.15) is 90.9 Å². The summed E-state index contributed by atoms with van der Waals surface area (Å²) >= 11 is 0. The van der Waals surface area contributed by atoms with Crippen molar-refractivity contribution in [3.05, 3.63) is 24.3 Å². The van der Waals surface area contributed by atoms with Crippen LogP contribution in [0.25, 0.3) is 0 Å². The zero-order valence-corrected chi connectivity index (χ0v) is 24.6. The predicted molar refractivity (Wildman–Crippen MR) is 158 cm³/mol. The second kappa shape index (κ2) is 22.6. The molecule has 0 atom stereocenters. The number of unbranched alkanes of at least 4 members (excludes halogenated alkanes) is 10. The van der Waals surface area contributed by atoms with Crippen molar-refractivity contribution in [1.29, 1.82) is 0 Å². The van der Waals surface area contributed by atoms with E-state index < -0.39 is 12.2 Å². The zero-order valence-electron chi connectivity index (χ0n) is 24.6. The first-order chi connectivity index (χ1) is 18.4. The van der Waals surface area contributed by atoms with Crippen molar-refractivity contribution in [2.45, 2.75) is 90.9 Å². The first-order valence-corrected chi connectivity index (χ1v) is 14.8. The van der Waals surface area contributed by atoms with Crippen molar-refractivity contribution in [3.63, 3.8) is 0 Å². The van der Waals surface area contributed by atoms with Crippen molar-refractivity contribution in [2.24, 2.45) is 0 Å². The Hall–Kier alpha value is -2.32. The minimum atomic E-state index is -0.483. The van der Waals surface area contributed by atoms with Gasteiger partial charge >= 0.3 is 12.2 Å². The predicted octanol–water partition coefficient (Wildman–Crippen LogP) is 7.37. The summed E-state index contributed by atoms with van der Waals surface area (Å²) in [5.74, 6) is 0. The molecule has 38 heavy (non-hydrogen) atoms. The summed E-state index contributed by atoms with van der Waals surface area (Å²) in [6, 6.07) is 6.87. The average molecular weight is 535 g/mol. The number of hydrogen-bond donors (Lipinski definition) is 2. The molecule has 0 aliphatic rings. The Labute approximate surface area is 231 Å². The molecule has 0 unspecified atom stereocenters. The lowest BCUT2D eigenvalue weighted by molar-refractivity contribution is 0.145. The van der Waals surface area contributed by atoms with Gasteiger partial charge in [0.05, 0.1) is 0 Å². The Morgan fingerprint density at radius 2 is 0.921 bits per heavy atom. The Bertz CT molecular complexity index is 668. The van der Waals surface area contributed by atoms with Gasteiger partial charge in [-0.15, -0.1) is 0 Å². The molecule has 0 aliphatic carbocycles. The van der Waals surface area contributed by atoms with Crippen LogP contribution in [0.4, 0.5) is 21.0 Å². The SMILES string of the molecule is CCCCCCCCN(C)CCOC(=O)Nc1ccc(NC(=O)OCCN(C)CCCCCCCC)cc1. The van der Waals surface area contributed by atoms with Crippen LogP contribution in [0.3, 0.4) is 0 Å². The minimum Gasteiger partial charge on any atom is -0.448 e. The third-order valence-electron chi connectivity index (χ3n) is 6.58.